The Labute approximate surface area is 82.5 Å². The first-order valence-corrected chi connectivity index (χ1v) is 5.60. The minimum Gasteiger partial charge on any atom is -0.329 e. The van der Waals surface area contributed by atoms with Crippen LogP contribution in [0.15, 0.2) is 0 Å². The highest BCUT2D eigenvalue weighted by atomic mass is 32.1. The van der Waals surface area contributed by atoms with Gasteiger partial charge in [-0.1, -0.05) is 33.1 Å². The van der Waals surface area contributed by atoms with Gasteiger partial charge in [0.05, 0.1) is 0 Å². The van der Waals surface area contributed by atoms with Crippen LogP contribution in [0.3, 0.4) is 0 Å². The fraction of sp³-hybridized carbons (Fsp3) is 1.00. The van der Waals surface area contributed by atoms with Crippen molar-refractivity contribution < 1.29 is 0 Å². The molecule has 2 atom stereocenters. The Hall–Kier alpha value is 0.310. The van der Waals surface area contributed by atoms with Gasteiger partial charge in [0.15, 0.2) is 0 Å². The van der Waals surface area contributed by atoms with Crippen LogP contribution in [0, 0.1) is 5.92 Å². The molecule has 2 heteroatoms. The first kappa shape index (κ1) is 12.3. The van der Waals surface area contributed by atoms with E-state index in [-0.39, 0.29) is 0 Å². The zero-order chi connectivity index (χ0) is 9.40. The number of nitrogens with two attached hydrogens (primary N) is 1. The van der Waals surface area contributed by atoms with Crippen molar-refractivity contribution in [1.82, 2.24) is 0 Å². The molecule has 0 aromatic carbocycles. The Morgan fingerprint density at radius 2 is 1.92 bits per heavy atom. The normalized spacial score (nSPS) is 16.0. The van der Waals surface area contributed by atoms with Gasteiger partial charge in [-0.25, -0.2) is 0 Å². The summed E-state index contributed by atoms with van der Waals surface area (Å²) in [4.78, 5) is 0. The minimum atomic E-state index is 0.411. The van der Waals surface area contributed by atoms with Crippen molar-refractivity contribution >= 4 is 12.6 Å². The first-order valence-electron chi connectivity index (χ1n) is 5.08. The van der Waals surface area contributed by atoms with E-state index >= 15 is 0 Å². The average molecular weight is 189 g/mol. The van der Waals surface area contributed by atoms with E-state index in [1.165, 1.54) is 32.1 Å². The smallest absolute Gasteiger partial charge is 0.0140 e. The van der Waals surface area contributed by atoms with Crippen LogP contribution in [-0.4, -0.2) is 11.8 Å². The van der Waals surface area contributed by atoms with Gasteiger partial charge in [-0.3, -0.25) is 0 Å². The highest BCUT2D eigenvalue weighted by Crippen LogP contribution is 2.16. The molecule has 2 unspecified atom stereocenters. The number of thiol groups is 1. The predicted octanol–water partition coefficient (Wildman–Crippen LogP) is 2.85. The molecule has 0 rings (SSSR count). The van der Waals surface area contributed by atoms with Gasteiger partial charge in [0.25, 0.3) is 0 Å². The second-order valence-corrected chi connectivity index (χ2v) is 4.44. The van der Waals surface area contributed by atoms with E-state index < -0.39 is 0 Å². The van der Waals surface area contributed by atoms with Crippen molar-refractivity contribution in [2.24, 2.45) is 11.7 Å². The minimum absolute atomic E-state index is 0.411. The monoisotopic (exact) mass is 189 g/mol. The molecule has 0 aliphatic heterocycles. The van der Waals surface area contributed by atoms with Crippen LogP contribution >= 0.6 is 12.6 Å². The largest absolute Gasteiger partial charge is 0.329 e. The summed E-state index contributed by atoms with van der Waals surface area (Å²) in [5, 5.41) is 0.411. The summed E-state index contributed by atoms with van der Waals surface area (Å²) in [5.41, 5.74) is 5.48. The van der Waals surface area contributed by atoms with Crippen molar-refractivity contribution in [2.45, 2.75) is 51.2 Å². The van der Waals surface area contributed by atoms with Gasteiger partial charge >= 0.3 is 0 Å². The Morgan fingerprint density at radius 3 is 2.42 bits per heavy atom. The summed E-state index contributed by atoms with van der Waals surface area (Å²) >= 11 is 4.37. The predicted molar refractivity (Wildman–Crippen MR) is 59.8 cm³/mol. The summed E-state index contributed by atoms with van der Waals surface area (Å²) in [6.07, 6.45) is 6.49. The molecule has 0 saturated heterocycles. The fourth-order valence-corrected chi connectivity index (χ4v) is 1.44. The summed E-state index contributed by atoms with van der Waals surface area (Å²) in [6.45, 7) is 5.28. The van der Waals surface area contributed by atoms with Crippen LogP contribution in [0.1, 0.15) is 46.0 Å². The fourth-order valence-electron chi connectivity index (χ4n) is 1.29. The molecule has 2 N–H and O–H groups in total. The molecule has 0 aromatic rings. The van der Waals surface area contributed by atoms with E-state index in [4.69, 9.17) is 5.73 Å². The van der Waals surface area contributed by atoms with E-state index in [1.54, 1.807) is 0 Å². The maximum atomic E-state index is 5.48. The SMILES string of the molecule is CCCCC(C)CCC(S)CN. The standard InChI is InChI=1S/C10H23NS/c1-3-4-5-9(2)6-7-10(12)8-11/h9-10,12H,3-8,11H2,1-2H3. The van der Waals surface area contributed by atoms with Crippen molar-refractivity contribution in [3.05, 3.63) is 0 Å². The Bertz CT molecular complexity index is 95.8. The third-order valence-corrected chi connectivity index (χ3v) is 2.78. The van der Waals surface area contributed by atoms with Crippen molar-refractivity contribution in [3.63, 3.8) is 0 Å². The zero-order valence-corrected chi connectivity index (χ0v) is 9.32. The van der Waals surface area contributed by atoms with E-state index in [2.05, 4.69) is 26.5 Å². The molecular formula is C10H23NS. The molecular weight excluding hydrogens is 166 g/mol. The second kappa shape index (κ2) is 7.93. The van der Waals surface area contributed by atoms with Gasteiger partial charge in [0.1, 0.15) is 0 Å². The zero-order valence-electron chi connectivity index (χ0n) is 8.42. The van der Waals surface area contributed by atoms with Gasteiger partial charge in [0.2, 0.25) is 0 Å². The summed E-state index contributed by atoms with van der Waals surface area (Å²) in [5.74, 6) is 0.853. The molecule has 0 amide bonds. The van der Waals surface area contributed by atoms with Crippen LogP contribution in [0.4, 0.5) is 0 Å². The highest BCUT2D eigenvalue weighted by Gasteiger charge is 2.04. The summed E-state index contributed by atoms with van der Waals surface area (Å²) in [6, 6.07) is 0. The van der Waals surface area contributed by atoms with E-state index in [0.29, 0.717) is 11.8 Å². The molecule has 0 aromatic heterocycles. The molecule has 74 valence electrons. The van der Waals surface area contributed by atoms with E-state index in [9.17, 15) is 0 Å². The van der Waals surface area contributed by atoms with Crippen LogP contribution in [0.5, 0.6) is 0 Å². The average Bonchev–Trinajstić information content (AvgIpc) is 2.10. The second-order valence-electron chi connectivity index (χ2n) is 3.71. The molecule has 0 saturated carbocycles. The number of unbranched alkanes of at least 4 members (excludes halogenated alkanes) is 1. The lowest BCUT2D eigenvalue weighted by Gasteiger charge is -2.12. The van der Waals surface area contributed by atoms with Gasteiger partial charge in [-0.05, 0) is 18.8 Å². The van der Waals surface area contributed by atoms with Crippen molar-refractivity contribution in [2.75, 3.05) is 6.54 Å². The molecule has 12 heavy (non-hydrogen) atoms. The Morgan fingerprint density at radius 1 is 1.25 bits per heavy atom. The maximum absolute atomic E-state index is 5.48. The van der Waals surface area contributed by atoms with Crippen molar-refractivity contribution in [3.8, 4) is 0 Å². The van der Waals surface area contributed by atoms with E-state index in [1.807, 2.05) is 0 Å². The first-order chi connectivity index (χ1) is 5.70. The topological polar surface area (TPSA) is 26.0 Å². The van der Waals surface area contributed by atoms with Crippen molar-refractivity contribution in [1.29, 1.82) is 0 Å². The summed E-state index contributed by atoms with van der Waals surface area (Å²) in [7, 11) is 0. The van der Waals surface area contributed by atoms with Crippen LogP contribution in [0.2, 0.25) is 0 Å². The molecule has 0 fully saturated rings. The highest BCUT2D eigenvalue weighted by molar-refractivity contribution is 7.81. The van der Waals surface area contributed by atoms with Crippen LogP contribution in [0.25, 0.3) is 0 Å². The van der Waals surface area contributed by atoms with Crippen LogP contribution in [-0.2, 0) is 0 Å². The van der Waals surface area contributed by atoms with Gasteiger partial charge < -0.3 is 5.73 Å². The lowest BCUT2D eigenvalue weighted by atomic mass is 9.98. The molecule has 0 radical (unpaired) electrons. The molecule has 0 heterocycles. The lowest BCUT2D eigenvalue weighted by molar-refractivity contribution is 0.454. The molecule has 0 aliphatic rings. The quantitative estimate of drug-likeness (QED) is 0.592. The molecule has 1 nitrogen and oxygen atoms in total. The third kappa shape index (κ3) is 6.99. The van der Waals surface area contributed by atoms with Crippen LogP contribution < -0.4 is 5.73 Å². The Balaban J connectivity index is 3.24. The molecule has 0 bridgehead atoms. The molecule has 0 spiro atoms. The molecule has 0 aliphatic carbocycles. The van der Waals surface area contributed by atoms with E-state index in [0.717, 1.165) is 5.92 Å². The van der Waals surface area contributed by atoms with Gasteiger partial charge in [-0.2, -0.15) is 12.6 Å². The van der Waals surface area contributed by atoms with Gasteiger partial charge in [-0.15, -0.1) is 0 Å². The summed E-state index contributed by atoms with van der Waals surface area (Å²) < 4.78 is 0. The number of rotatable bonds is 7. The van der Waals surface area contributed by atoms with Gasteiger partial charge in [0, 0.05) is 11.8 Å². The number of hydrogen-bond acceptors (Lipinski definition) is 2. The number of hydrogen-bond donors (Lipinski definition) is 2. The Kier molecular flexibility index (Phi) is 8.14. The lowest BCUT2D eigenvalue weighted by Crippen LogP contribution is -2.14. The third-order valence-electron chi connectivity index (χ3n) is 2.32. The maximum Gasteiger partial charge on any atom is 0.0140 e.